The largest absolute Gasteiger partial charge is 0.447 e. The third kappa shape index (κ3) is 4.26. The van der Waals surface area contributed by atoms with Crippen molar-refractivity contribution in [3.8, 4) is 0 Å². The molecular formula is C9H14N2O3S. The number of rotatable bonds is 5. The van der Waals surface area contributed by atoms with Crippen molar-refractivity contribution in [2.45, 2.75) is 12.8 Å². The van der Waals surface area contributed by atoms with E-state index in [1.165, 1.54) is 0 Å². The van der Waals surface area contributed by atoms with E-state index in [0.29, 0.717) is 6.54 Å². The highest BCUT2D eigenvalue weighted by Gasteiger charge is 2.09. The molecule has 0 aliphatic carbocycles. The van der Waals surface area contributed by atoms with E-state index in [-0.39, 0.29) is 19.1 Å². The summed E-state index contributed by atoms with van der Waals surface area (Å²) in [6.07, 6.45) is 1.23. The summed E-state index contributed by atoms with van der Waals surface area (Å²) in [6, 6.07) is 0. The molecule has 2 N–H and O–H groups in total. The number of aromatic nitrogens is 1. The van der Waals surface area contributed by atoms with E-state index in [2.05, 4.69) is 15.0 Å². The van der Waals surface area contributed by atoms with Gasteiger partial charge in [0.15, 0.2) is 0 Å². The number of amides is 1. The highest BCUT2D eigenvalue weighted by molar-refractivity contribution is 7.09. The molecule has 15 heavy (non-hydrogen) atoms. The number of carbonyl (C=O) groups is 1. The first-order valence-corrected chi connectivity index (χ1v) is 5.53. The maximum atomic E-state index is 11.0. The van der Waals surface area contributed by atoms with Gasteiger partial charge in [-0.15, -0.1) is 11.3 Å². The molecule has 1 aromatic heterocycles. The number of aliphatic hydroxyl groups is 1. The maximum absolute atomic E-state index is 11.0. The van der Waals surface area contributed by atoms with Crippen molar-refractivity contribution in [3.05, 3.63) is 16.6 Å². The SMILES string of the molecule is CC(CNC(=O)OCCO)c1nccs1. The molecule has 1 amide bonds. The molecule has 1 rings (SSSR count). The van der Waals surface area contributed by atoms with E-state index in [1.54, 1.807) is 17.5 Å². The number of hydrogen-bond acceptors (Lipinski definition) is 5. The van der Waals surface area contributed by atoms with Gasteiger partial charge in [0.05, 0.1) is 11.6 Å². The highest BCUT2D eigenvalue weighted by atomic mass is 32.1. The van der Waals surface area contributed by atoms with Crippen molar-refractivity contribution >= 4 is 17.4 Å². The fourth-order valence-electron chi connectivity index (χ4n) is 0.991. The number of hydrogen-bond donors (Lipinski definition) is 2. The van der Waals surface area contributed by atoms with Gasteiger partial charge < -0.3 is 15.2 Å². The smallest absolute Gasteiger partial charge is 0.407 e. The number of alkyl carbamates (subject to hydrolysis) is 1. The lowest BCUT2D eigenvalue weighted by Gasteiger charge is -2.09. The molecule has 84 valence electrons. The van der Waals surface area contributed by atoms with Crippen molar-refractivity contribution in [3.63, 3.8) is 0 Å². The molecule has 1 atom stereocenters. The van der Waals surface area contributed by atoms with E-state index in [0.717, 1.165) is 5.01 Å². The number of ether oxygens (including phenoxy) is 1. The quantitative estimate of drug-likeness (QED) is 0.790. The molecule has 1 unspecified atom stereocenters. The van der Waals surface area contributed by atoms with Crippen LogP contribution in [0.25, 0.3) is 0 Å². The van der Waals surface area contributed by atoms with Gasteiger partial charge in [-0.05, 0) is 0 Å². The van der Waals surface area contributed by atoms with Gasteiger partial charge in [-0.1, -0.05) is 6.92 Å². The zero-order valence-electron chi connectivity index (χ0n) is 8.47. The Kier molecular flexibility index (Phi) is 5.06. The number of nitrogens with zero attached hydrogens (tertiary/aromatic N) is 1. The normalized spacial score (nSPS) is 12.1. The molecule has 0 bridgehead atoms. The molecule has 0 aliphatic heterocycles. The maximum Gasteiger partial charge on any atom is 0.407 e. The molecule has 0 saturated carbocycles. The fourth-order valence-corrected chi connectivity index (χ4v) is 1.69. The summed E-state index contributed by atoms with van der Waals surface area (Å²) in [5.41, 5.74) is 0. The van der Waals surface area contributed by atoms with Crippen LogP contribution in [-0.4, -0.2) is 35.9 Å². The van der Waals surface area contributed by atoms with Crippen LogP contribution in [0.3, 0.4) is 0 Å². The van der Waals surface area contributed by atoms with E-state index < -0.39 is 6.09 Å². The molecule has 1 heterocycles. The third-order valence-corrected chi connectivity index (χ3v) is 2.76. The van der Waals surface area contributed by atoms with Crippen LogP contribution in [0.5, 0.6) is 0 Å². The second-order valence-corrected chi connectivity index (χ2v) is 3.94. The monoisotopic (exact) mass is 230 g/mol. The number of aliphatic hydroxyl groups excluding tert-OH is 1. The van der Waals surface area contributed by atoms with Crippen molar-refractivity contribution < 1.29 is 14.6 Å². The lowest BCUT2D eigenvalue weighted by molar-refractivity contribution is 0.119. The average molecular weight is 230 g/mol. The Balaban J connectivity index is 2.22. The van der Waals surface area contributed by atoms with Crippen LogP contribution in [0, 0.1) is 0 Å². The average Bonchev–Trinajstić information content (AvgIpc) is 2.76. The summed E-state index contributed by atoms with van der Waals surface area (Å²) in [5, 5.41) is 13.9. The Bertz CT molecular complexity index is 290. The Labute approximate surface area is 92.1 Å². The van der Waals surface area contributed by atoms with Crippen molar-refractivity contribution in [2.24, 2.45) is 0 Å². The number of nitrogens with one attached hydrogen (secondary N) is 1. The molecular weight excluding hydrogens is 216 g/mol. The standard InChI is InChI=1S/C9H14N2O3S/c1-7(8-10-2-5-15-8)6-11-9(13)14-4-3-12/h2,5,7,12H,3-4,6H2,1H3,(H,11,13). The van der Waals surface area contributed by atoms with Gasteiger partial charge in [0.25, 0.3) is 0 Å². The first-order valence-electron chi connectivity index (χ1n) is 4.65. The second kappa shape index (κ2) is 6.36. The zero-order valence-corrected chi connectivity index (χ0v) is 9.29. The molecule has 0 saturated heterocycles. The van der Waals surface area contributed by atoms with E-state index in [1.807, 2.05) is 12.3 Å². The molecule has 0 aliphatic rings. The van der Waals surface area contributed by atoms with Gasteiger partial charge in [0.2, 0.25) is 0 Å². The van der Waals surface area contributed by atoms with Crippen LogP contribution >= 0.6 is 11.3 Å². The van der Waals surface area contributed by atoms with Crippen molar-refractivity contribution in [1.82, 2.24) is 10.3 Å². The van der Waals surface area contributed by atoms with E-state index in [9.17, 15) is 4.79 Å². The lowest BCUT2D eigenvalue weighted by atomic mass is 10.2. The molecule has 0 radical (unpaired) electrons. The Hall–Kier alpha value is -1.14. The zero-order chi connectivity index (χ0) is 11.1. The minimum Gasteiger partial charge on any atom is -0.447 e. The first kappa shape index (κ1) is 11.9. The Morgan fingerprint density at radius 1 is 1.80 bits per heavy atom. The summed E-state index contributed by atoms with van der Waals surface area (Å²) in [6.45, 7) is 2.33. The van der Waals surface area contributed by atoms with Gasteiger partial charge in [-0.3, -0.25) is 0 Å². The molecule has 0 spiro atoms. The van der Waals surface area contributed by atoms with Crippen LogP contribution in [0.4, 0.5) is 4.79 Å². The Morgan fingerprint density at radius 2 is 2.60 bits per heavy atom. The summed E-state index contributed by atoms with van der Waals surface area (Å²) >= 11 is 1.56. The summed E-state index contributed by atoms with van der Waals surface area (Å²) in [5.74, 6) is 0.173. The lowest BCUT2D eigenvalue weighted by Crippen LogP contribution is -2.28. The second-order valence-electron chi connectivity index (χ2n) is 3.01. The third-order valence-electron chi connectivity index (χ3n) is 1.75. The van der Waals surface area contributed by atoms with Gasteiger partial charge in [0, 0.05) is 24.0 Å². The van der Waals surface area contributed by atoms with Gasteiger partial charge in [-0.2, -0.15) is 0 Å². The van der Waals surface area contributed by atoms with Crippen LogP contribution in [0.15, 0.2) is 11.6 Å². The predicted octanol–water partition coefficient (Wildman–Crippen LogP) is 0.965. The van der Waals surface area contributed by atoms with Gasteiger partial charge in [-0.25, -0.2) is 9.78 Å². The van der Waals surface area contributed by atoms with Crippen LogP contribution in [0.1, 0.15) is 17.8 Å². The van der Waals surface area contributed by atoms with Crippen molar-refractivity contribution in [1.29, 1.82) is 0 Å². The molecule has 1 aromatic rings. The molecule has 6 heteroatoms. The Morgan fingerprint density at radius 3 is 3.20 bits per heavy atom. The number of carbonyl (C=O) groups excluding carboxylic acids is 1. The first-order chi connectivity index (χ1) is 7.24. The number of thiazole rings is 1. The summed E-state index contributed by atoms with van der Waals surface area (Å²) in [7, 11) is 0. The highest BCUT2D eigenvalue weighted by Crippen LogP contribution is 2.16. The summed E-state index contributed by atoms with van der Waals surface area (Å²) in [4.78, 5) is 15.2. The van der Waals surface area contributed by atoms with Crippen LogP contribution in [-0.2, 0) is 4.74 Å². The fraction of sp³-hybridized carbons (Fsp3) is 0.556. The summed E-state index contributed by atoms with van der Waals surface area (Å²) < 4.78 is 4.64. The predicted molar refractivity (Wildman–Crippen MR) is 57.0 cm³/mol. The topological polar surface area (TPSA) is 71.5 Å². The van der Waals surface area contributed by atoms with Crippen LogP contribution < -0.4 is 5.32 Å². The molecule has 5 nitrogen and oxygen atoms in total. The minimum atomic E-state index is -0.507. The minimum absolute atomic E-state index is 0.0253. The van der Waals surface area contributed by atoms with E-state index in [4.69, 9.17) is 5.11 Å². The molecule has 0 aromatic carbocycles. The van der Waals surface area contributed by atoms with Gasteiger partial charge in [0.1, 0.15) is 6.61 Å². The van der Waals surface area contributed by atoms with E-state index >= 15 is 0 Å². The molecule has 0 fully saturated rings. The van der Waals surface area contributed by atoms with Crippen molar-refractivity contribution in [2.75, 3.05) is 19.8 Å². The van der Waals surface area contributed by atoms with Gasteiger partial charge >= 0.3 is 6.09 Å². The van der Waals surface area contributed by atoms with Crippen LogP contribution in [0.2, 0.25) is 0 Å².